The van der Waals surface area contributed by atoms with E-state index in [0.29, 0.717) is 24.2 Å². The van der Waals surface area contributed by atoms with Gasteiger partial charge in [-0.05, 0) is 60.8 Å². The van der Waals surface area contributed by atoms with E-state index >= 15 is 0 Å². The number of amides is 1. The molecule has 2 aliphatic carbocycles. The molecule has 10 heteroatoms. The number of imidazole rings is 1. The Kier molecular flexibility index (Phi) is 6.49. The second-order valence-electron chi connectivity index (χ2n) is 10.4. The number of carbonyl (C=O) groups is 1. The average Bonchev–Trinajstić information content (AvgIpc) is 3.53. The number of aromatic nitrogens is 2. The Bertz CT molecular complexity index is 1330. The van der Waals surface area contributed by atoms with Crippen molar-refractivity contribution in [3.05, 3.63) is 58.8 Å². The standard InChI is InChI=1S/C26H32N6O3S/c1-27-23-15-28-24(30-23)25(33)29-22-7-6-19(20-16-31(2)36(34,35)32(3)17-20)14-21(22)18-8-12-26(13-9-18)10-4-5-11-26/h6-8,14-15,20H,4-5,9-13,16-17H2,2-3H3,(H,28,30)(H,29,33). The maximum Gasteiger partial charge on any atom is 0.316 e. The van der Waals surface area contributed by atoms with E-state index in [2.05, 4.69) is 32.3 Å². The summed E-state index contributed by atoms with van der Waals surface area (Å²) in [5.74, 6) is -0.137. The first kappa shape index (κ1) is 24.7. The molecule has 1 aromatic carbocycles. The van der Waals surface area contributed by atoms with Gasteiger partial charge in [0.05, 0.1) is 0 Å². The van der Waals surface area contributed by atoms with Crippen molar-refractivity contribution in [2.45, 2.75) is 50.9 Å². The second-order valence-corrected chi connectivity index (χ2v) is 12.5. The third-order valence-corrected chi connectivity index (χ3v) is 9.99. The Morgan fingerprint density at radius 1 is 1.19 bits per heavy atom. The number of carbonyl (C=O) groups excluding carboxylic acids is 1. The average molecular weight is 509 g/mol. The van der Waals surface area contributed by atoms with Gasteiger partial charge < -0.3 is 15.1 Å². The van der Waals surface area contributed by atoms with E-state index in [9.17, 15) is 13.2 Å². The quantitative estimate of drug-likeness (QED) is 0.592. The van der Waals surface area contributed by atoms with Crippen LogP contribution in [-0.2, 0) is 10.2 Å². The molecule has 5 rings (SSSR count). The zero-order valence-electron chi connectivity index (χ0n) is 20.7. The fourth-order valence-electron chi connectivity index (χ4n) is 5.94. The number of rotatable bonds is 4. The summed E-state index contributed by atoms with van der Waals surface area (Å²) in [5, 5.41) is 2.99. The number of hydrogen-bond donors (Lipinski definition) is 2. The maximum absolute atomic E-state index is 12.9. The van der Waals surface area contributed by atoms with Crippen molar-refractivity contribution in [2.75, 3.05) is 32.5 Å². The fourth-order valence-corrected chi connectivity index (χ4v) is 7.15. The van der Waals surface area contributed by atoms with Gasteiger partial charge in [-0.15, -0.1) is 0 Å². The van der Waals surface area contributed by atoms with Crippen molar-refractivity contribution < 1.29 is 13.2 Å². The second kappa shape index (κ2) is 9.47. The van der Waals surface area contributed by atoms with Crippen LogP contribution in [0.2, 0.25) is 0 Å². The first-order valence-corrected chi connectivity index (χ1v) is 13.9. The van der Waals surface area contributed by atoms with Crippen LogP contribution in [0.4, 0.5) is 11.5 Å². The lowest BCUT2D eigenvalue weighted by Gasteiger charge is -2.36. The molecule has 1 aromatic heterocycles. The van der Waals surface area contributed by atoms with Gasteiger partial charge in [-0.3, -0.25) is 4.79 Å². The highest BCUT2D eigenvalue weighted by molar-refractivity contribution is 7.86. The largest absolute Gasteiger partial charge is 0.359 e. The summed E-state index contributed by atoms with van der Waals surface area (Å²) >= 11 is 0. The minimum Gasteiger partial charge on any atom is -0.359 e. The van der Waals surface area contributed by atoms with Gasteiger partial charge in [0.2, 0.25) is 0 Å². The van der Waals surface area contributed by atoms with E-state index in [-0.39, 0.29) is 17.6 Å². The highest BCUT2D eigenvalue weighted by Gasteiger charge is 2.37. The number of H-pyrrole nitrogens is 1. The predicted octanol–water partition coefficient (Wildman–Crippen LogP) is 4.55. The van der Waals surface area contributed by atoms with Gasteiger partial charge in [0, 0.05) is 50.6 Å². The Hall–Kier alpha value is -3.00. The molecule has 2 fully saturated rings. The first-order valence-electron chi connectivity index (χ1n) is 12.5. The summed E-state index contributed by atoms with van der Waals surface area (Å²) in [5.41, 5.74) is 4.37. The van der Waals surface area contributed by atoms with E-state index < -0.39 is 16.1 Å². The van der Waals surface area contributed by atoms with Crippen molar-refractivity contribution in [1.82, 2.24) is 18.6 Å². The Morgan fingerprint density at radius 3 is 2.53 bits per heavy atom. The van der Waals surface area contributed by atoms with E-state index in [1.807, 2.05) is 12.1 Å². The summed E-state index contributed by atoms with van der Waals surface area (Å²) in [4.78, 5) is 23.0. The van der Waals surface area contributed by atoms with Crippen LogP contribution in [0.15, 0.2) is 30.5 Å². The molecule has 3 aliphatic rings. The van der Waals surface area contributed by atoms with Crippen molar-refractivity contribution >= 4 is 33.2 Å². The minimum atomic E-state index is -3.41. The molecule has 190 valence electrons. The van der Waals surface area contributed by atoms with E-state index in [1.165, 1.54) is 46.1 Å². The molecule has 1 saturated heterocycles. The molecule has 9 nitrogen and oxygen atoms in total. The zero-order valence-corrected chi connectivity index (χ0v) is 21.6. The molecule has 2 aromatic rings. The third-order valence-electron chi connectivity index (χ3n) is 8.12. The maximum atomic E-state index is 12.9. The lowest BCUT2D eigenvalue weighted by molar-refractivity contribution is 0.101. The van der Waals surface area contributed by atoms with Crippen LogP contribution in [0, 0.1) is 12.0 Å². The molecule has 0 unspecified atom stereocenters. The smallest absolute Gasteiger partial charge is 0.316 e. The number of nitrogens with one attached hydrogen (secondary N) is 2. The van der Waals surface area contributed by atoms with Crippen molar-refractivity contribution in [1.29, 1.82) is 0 Å². The monoisotopic (exact) mass is 508 g/mol. The predicted molar refractivity (Wildman–Crippen MR) is 139 cm³/mol. The molecule has 36 heavy (non-hydrogen) atoms. The van der Waals surface area contributed by atoms with Gasteiger partial charge in [-0.1, -0.05) is 36.5 Å². The first-order chi connectivity index (χ1) is 17.2. The summed E-state index contributed by atoms with van der Waals surface area (Å²) in [6.45, 7) is 7.91. The van der Waals surface area contributed by atoms with Crippen LogP contribution in [0.25, 0.3) is 10.4 Å². The number of hydrogen-bond acceptors (Lipinski definition) is 4. The van der Waals surface area contributed by atoms with Gasteiger partial charge in [-0.2, -0.15) is 17.0 Å². The normalized spacial score (nSPS) is 22.3. The molecule has 1 saturated carbocycles. The molecule has 2 heterocycles. The number of allylic oxidation sites excluding steroid dienone is 2. The van der Waals surface area contributed by atoms with Crippen LogP contribution in [-0.4, -0.2) is 60.1 Å². The Balaban J connectivity index is 1.47. The fraction of sp³-hybridized carbons (Fsp3) is 0.500. The van der Waals surface area contributed by atoms with Gasteiger partial charge in [0.15, 0.2) is 0 Å². The molecular formula is C26H32N6O3S. The van der Waals surface area contributed by atoms with Gasteiger partial charge in [0.1, 0.15) is 0 Å². The molecule has 1 amide bonds. The van der Waals surface area contributed by atoms with Gasteiger partial charge in [0.25, 0.3) is 21.9 Å². The SMILES string of the molecule is [C-]#[N+]c1c[nH]c(C(=O)Nc2ccc(C3CN(C)S(=O)(=O)N(C)C3)cc2C2=CCC3(CCCC3)CC2)n1. The molecule has 0 atom stereocenters. The molecule has 1 spiro atoms. The number of likely N-dealkylation sites (N-methyl/N-ethyl adjacent to an activating group) is 2. The van der Waals surface area contributed by atoms with Crippen molar-refractivity contribution in [3.8, 4) is 0 Å². The Morgan fingerprint density at radius 2 is 1.92 bits per heavy atom. The lowest BCUT2D eigenvalue weighted by atomic mass is 9.72. The van der Waals surface area contributed by atoms with Crippen LogP contribution < -0.4 is 5.32 Å². The molecule has 0 radical (unpaired) electrons. The summed E-state index contributed by atoms with van der Waals surface area (Å²) in [6.07, 6.45) is 12.1. The van der Waals surface area contributed by atoms with Crippen LogP contribution in [0.3, 0.4) is 0 Å². The van der Waals surface area contributed by atoms with Crippen molar-refractivity contribution in [2.24, 2.45) is 5.41 Å². The van der Waals surface area contributed by atoms with Gasteiger partial charge >= 0.3 is 5.91 Å². The van der Waals surface area contributed by atoms with E-state index in [4.69, 9.17) is 6.57 Å². The van der Waals surface area contributed by atoms with Gasteiger partial charge in [-0.25, -0.2) is 0 Å². The lowest BCUT2D eigenvalue weighted by Crippen LogP contribution is -2.49. The molecular weight excluding hydrogens is 476 g/mol. The van der Waals surface area contributed by atoms with E-state index in [1.54, 1.807) is 14.1 Å². The number of benzene rings is 1. The number of anilines is 1. The van der Waals surface area contributed by atoms with Crippen LogP contribution >= 0.6 is 0 Å². The number of nitrogens with zero attached hydrogens (tertiary/aromatic N) is 4. The van der Waals surface area contributed by atoms with Crippen LogP contribution in [0.1, 0.15) is 72.6 Å². The highest BCUT2D eigenvalue weighted by Crippen LogP contribution is 2.50. The summed E-state index contributed by atoms with van der Waals surface area (Å²) < 4.78 is 27.6. The third kappa shape index (κ3) is 4.59. The molecule has 2 N–H and O–H groups in total. The highest BCUT2D eigenvalue weighted by atomic mass is 32.2. The number of aromatic amines is 1. The summed E-state index contributed by atoms with van der Waals surface area (Å²) in [6, 6.07) is 5.99. The summed E-state index contributed by atoms with van der Waals surface area (Å²) in [7, 11) is -0.193. The molecule has 1 aliphatic heterocycles. The topological polar surface area (TPSA) is 103 Å². The van der Waals surface area contributed by atoms with Crippen LogP contribution in [0.5, 0.6) is 0 Å². The Labute approximate surface area is 212 Å². The van der Waals surface area contributed by atoms with E-state index in [0.717, 1.165) is 30.4 Å². The van der Waals surface area contributed by atoms with Crippen molar-refractivity contribution in [3.63, 3.8) is 0 Å². The zero-order chi connectivity index (χ0) is 25.5. The minimum absolute atomic E-state index is 0.0173. The molecule has 0 bridgehead atoms.